The molecular weight excluding hydrogens is 182 g/mol. The zero-order valence-electron chi connectivity index (χ0n) is 6.34. The van der Waals surface area contributed by atoms with Crippen molar-refractivity contribution in [1.82, 2.24) is 4.98 Å². The lowest BCUT2D eigenvalue weighted by molar-refractivity contribution is 0.316. The van der Waals surface area contributed by atoms with Crippen molar-refractivity contribution in [2.45, 2.75) is 19.2 Å². The van der Waals surface area contributed by atoms with E-state index < -0.39 is 0 Å². The predicted octanol–water partition coefficient (Wildman–Crippen LogP) is 2.67. The Morgan fingerprint density at radius 3 is 3.09 bits per heavy atom. The maximum absolute atomic E-state index is 5.59. The van der Waals surface area contributed by atoms with Crippen molar-refractivity contribution in [3.8, 4) is 5.19 Å². The van der Waals surface area contributed by atoms with Crippen molar-refractivity contribution in [1.29, 1.82) is 0 Å². The van der Waals surface area contributed by atoms with Crippen LogP contribution in [0.5, 0.6) is 5.19 Å². The number of alkyl halides is 1. The Morgan fingerprint density at radius 1 is 1.73 bits per heavy atom. The Bertz CT molecular complexity index is 214. The average molecular weight is 192 g/mol. The molecule has 0 aliphatic heterocycles. The number of halogens is 1. The van der Waals surface area contributed by atoms with Crippen molar-refractivity contribution < 1.29 is 4.74 Å². The molecule has 0 aliphatic rings. The Morgan fingerprint density at radius 2 is 2.55 bits per heavy atom. The Hall–Kier alpha value is -0.280. The molecule has 1 rings (SSSR count). The fourth-order valence-electron chi connectivity index (χ4n) is 0.607. The van der Waals surface area contributed by atoms with Crippen LogP contribution in [0.3, 0.4) is 0 Å². The predicted molar refractivity (Wildman–Crippen MR) is 47.5 cm³/mol. The second-order valence-electron chi connectivity index (χ2n) is 2.07. The van der Waals surface area contributed by atoms with Gasteiger partial charge in [-0.25, -0.2) is 4.98 Å². The van der Waals surface area contributed by atoms with Crippen LogP contribution in [-0.4, -0.2) is 11.6 Å². The summed E-state index contributed by atoms with van der Waals surface area (Å²) < 4.78 is 5.29. The quantitative estimate of drug-likeness (QED) is 0.683. The van der Waals surface area contributed by atoms with Crippen molar-refractivity contribution in [2.24, 2.45) is 0 Å². The molecule has 2 nitrogen and oxygen atoms in total. The molecule has 0 saturated carbocycles. The van der Waals surface area contributed by atoms with Gasteiger partial charge in [0.05, 0.1) is 12.5 Å². The van der Waals surface area contributed by atoms with Crippen LogP contribution in [0.25, 0.3) is 0 Å². The third kappa shape index (κ3) is 2.67. The summed E-state index contributed by atoms with van der Waals surface area (Å²) in [4.78, 5) is 5.09. The molecule has 1 aromatic rings. The Kier molecular flexibility index (Phi) is 3.66. The smallest absolute Gasteiger partial charge is 0.273 e. The summed E-state index contributed by atoms with van der Waals surface area (Å²) in [6.07, 6.45) is 2.76. The summed E-state index contributed by atoms with van der Waals surface area (Å²) in [6, 6.07) is 0. The number of ether oxygens (including phenoxy) is 1. The van der Waals surface area contributed by atoms with Gasteiger partial charge in [0.25, 0.3) is 5.19 Å². The minimum atomic E-state index is 0.521. The molecule has 0 spiro atoms. The van der Waals surface area contributed by atoms with Crippen molar-refractivity contribution >= 4 is 22.9 Å². The highest BCUT2D eigenvalue weighted by Crippen LogP contribution is 2.21. The maximum atomic E-state index is 5.59. The molecule has 0 aliphatic carbocycles. The second kappa shape index (κ2) is 4.57. The van der Waals surface area contributed by atoms with Gasteiger partial charge in [-0.15, -0.1) is 11.6 Å². The fourth-order valence-corrected chi connectivity index (χ4v) is 1.47. The fraction of sp³-hybridized carbons (Fsp3) is 0.571. The van der Waals surface area contributed by atoms with Crippen LogP contribution >= 0.6 is 22.9 Å². The number of hydrogen-bond donors (Lipinski definition) is 0. The molecule has 0 bridgehead atoms. The molecule has 0 amide bonds. The number of hydrogen-bond acceptors (Lipinski definition) is 3. The first kappa shape index (κ1) is 8.81. The van der Waals surface area contributed by atoms with Crippen LogP contribution < -0.4 is 4.74 Å². The monoisotopic (exact) mass is 191 g/mol. The van der Waals surface area contributed by atoms with E-state index in [1.54, 1.807) is 6.20 Å². The minimum Gasteiger partial charge on any atom is -0.470 e. The van der Waals surface area contributed by atoms with E-state index >= 15 is 0 Å². The third-order valence-corrected chi connectivity index (χ3v) is 2.45. The third-order valence-electron chi connectivity index (χ3n) is 1.09. The van der Waals surface area contributed by atoms with Gasteiger partial charge in [0.2, 0.25) is 0 Å². The molecule has 0 N–H and O–H groups in total. The maximum Gasteiger partial charge on any atom is 0.273 e. The van der Waals surface area contributed by atoms with Gasteiger partial charge in [-0.1, -0.05) is 18.3 Å². The van der Waals surface area contributed by atoms with Crippen molar-refractivity contribution in [3.05, 3.63) is 11.1 Å². The molecule has 4 heteroatoms. The first-order valence-electron chi connectivity index (χ1n) is 3.50. The molecule has 0 atom stereocenters. The van der Waals surface area contributed by atoms with Crippen LogP contribution in [0.1, 0.15) is 18.2 Å². The topological polar surface area (TPSA) is 22.1 Å². The molecule has 0 aromatic carbocycles. The van der Waals surface area contributed by atoms with Gasteiger partial charge in [-0.05, 0) is 6.42 Å². The lowest BCUT2D eigenvalue weighted by Gasteiger charge is -1.96. The minimum absolute atomic E-state index is 0.521. The molecule has 0 unspecified atom stereocenters. The van der Waals surface area contributed by atoms with Gasteiger partial charge < -0.3 is 4.74 Å². The van der Waals surface area contributed by atoms with E-state index in [1.807, 2.05) is 0 Å². The normalized spacial score (nSPS) is 10.0. The summed E-state index contributed by atoms with van der Waals surface area (Å²) in [5.74, 6) is 0.521. The number of aromatic nitrogens is 1. The summed E-state index contributed by atoms with van der Waals surface area (Å²) in [5, 5.41) is 0.725. The van der Waals surface area contributed by atoms with Gasteiger partial charge in [0.1, 0.15) is 0 Å². The Balaban J connectivity index is 2.44. The van der Waals surface area contributed by atoms with Crippen molar-refractivity contribution in [3.63, 3.8) is 0 Å². The van der Waals surface area contributed by atoms with E-state index in [1.165, 1.54) is 11.3 Å². The van der Waals surface area contributed by atoms with Crippen LogP contribution in [0.4, 0.5) is 0 Å². The van der Waals surface area contributed by atoms with Gasteiger partial charge >= 0.3 is 0 Å². The number of rotatable bonds is 4. The zero-order valence-corrected chi connectivity index (χ0v) is 7.91. The van der Waals surface area contributed by atoms with Crippen LogP contribution in [0, 0.1) is 0 Å². The average Bonchev–Trinajstić information content (AvgIpc) is 2.48. The van der Waals surface area contributed by atoms with Gasteiger partial charge in [0.15, 0.2) is 0 Å². The lowest BCUT2D eigenvalue weighted by atomic mass is 10.5. The first-order chi connectivity index (χ1) is 5.36. The standard InChI is InChI=1S/C7H10ClNOS/c1-2-3-10-7-9-5-6(4-8)11-7/h5H,2-4H2,1H3. The van der Waals surface area contributed by atoms with E-state index in [4.69, 9.17) is 16.3 Å². The molecule has 1 aromatic heterocycles. The van der Waals surface area contributed by atoms with E-state index in [-0.39, 0.29) is 0 Å². The molecule has 62 valence electrons. The van der Waals surface area contributed by atoms with Crippen LogP contribution in [0.15, 0.2) is 6.20 Å². The molecule has 1 heterocycles. The van der Waals surface area contributed by atoms with Gasteiger partial charge in [0, 0.05) is 11.1 Å². The van der Waals surface area contributed by atoms with Crippen LogP contribution in [-0.2, 0) is 5.88 Å². The molecular formula is C7H10ClNOS. The van der Waals surface area contributed by atoms with E-state index in [0.717, 1.165) is 23.1 Å². The van der Waals surface area contributed by atoms with Crippen LogP contribution in [0.2, 0.25) is 0 Å². The van der Waals surface area contributed by atoms with E-state index in [9.17, 15) is 0 Å². The highest BCUT2D eigenvalue weighted by molar-refractivity contribution is 7.13. The second-order valence-corrected chi connectivity index (χ2v) is 3.42. The first-order valence-corrected chi connectivity index (χ1v) is 4.85. The molecule has 11 heavy (non-hydrogen) atoms. The SMILES string of the molecule is CCCOc1ncc(CCl)s1. The molecule has 0 fully saturated rings. The van der Waals surface area contributed by atoms with Gasteiger partial charge in [-0.3, -0.25) is 0 Å². The van der Waals surface area contributed by atoms with Crippen molar-refractivity contribution in [2.75, 3.05) is 6.61 Å². The van der Waals surface area contributed by atoms with Gasteiger partial charge in [-0.2, -0.15) is 0 Å². The van der Waals surface area contributed by atoms with E-state index in [2.05, 4.69) is 11.9 Å². The molecule has 0 radical (unpaired) electrons. The highest BCUT2D eigenvalue weighted by Gasteiger charge is 1.99. The summed E-state index contributed by atoms with van der Waals surface area (Å²) in [7, 11) is 0. The highest BCUT2D eigenvalue weighted by atomic mass is 35.5. The summed E-state index contributed by atoms with van der Waals surface area (Å²) in [5.41, 5.74) is 0. The number of nitrogens with zero attached hydrogens (tertiary/aromatic N) is 1. The molecule has 0 saturated heterocycles. The summed E-state index contributed by atoms with van der Waals surface area (Å²) in [6.45, 7) is 2.80. The number of thiazole rings is 1. The Labute approximate surface area is 75.2 Å². The largest absolute Gasteiger partial charge is 0.470 e. The lowest BCUT2D eigenvalue weighted by Crippen LogP contribution is -1.93. The zero-order chi connectivity index (χ0) is 8.10. The van der Waals surface area contributed by atoms with E-state index in [0.29, 0.717) is 5.88 Å². The summed E-state index contributed by atoms with van der Waals surface area (Å²) >= 11 is 7.10.